The number of nitrogens with zero attached hydrogens (tertiary/aromatic N) is 2. The molecule has 3 rings (SSSR count). The van der Waals surface area contributed by atoms with Crippen LogP contribution in [-0.2, 0) is 13.1 Å². The normalized spacial score (nSPS) is 19.6. The van der Waals surface area contributed by atoms with Crippen LogP contribution in [-0.4, -0.2) is 27.0 Å². The molecule has 0 amide bonds. The number of halogens is 1. The number of rotatable bonds is 5. The molecule has 0 radical (unpaired) electrons. The topological polar surface area (TPSA) is 28.2 Å². The van der Waals surface area contributed by atoms with Crippen molar-refractivity contribution in [3.8, 4) is 0 Å². The molecule has 3 nitrogen and oxygen atoms in total. The second kappa shape index (κ2) is 7.45. The fourth-order valence-electron chi connectivity index (χ4n) is 4.39. The second-order valence-corrected chi connectivity index (χ2v) is 8.84. The Morgan fingerprint density at radius 1 is 0.923 bits per heavy atom. The van der Waals surface area contributed by atoms with Gasteiger partial charge in [0.2, 0.25) is 0 Å². The van der Waals surface area contributed by atoms with Crippen molar-refractivity contribution >= 4 is 0 Å². The number of pyridine rings is 1. The zero-order chi connectivity index (χ0) is 18.8. The lowest BCUT2D eigenvalue weighted by atomic mass is 9.79. The molecule has 0 unspecified atom stereocenters. The SMILES string of the molecule is CC1(C)CC(N(Cc2ccncc2)Cc2ccc(F)cc2)CC(C)(C)N1. The number of hydrogen-bond donors (Lipinski definition) is 1. The van der Waals surface area contributed by atoms with E-state index >= 15 is 0 Å². The predicted octanol–water partition coefficient (Wildman–Crippen LogP) is 4.53. The van der Waals surface area contributed by atoms with Crippen molar-refractivity contribution in [2.24, 2.45) is 0 Å². The number of benzene rings is 1. The molecule has 2 aromatic rings. The lowest BCUT2D eigenvalue weighted by Gasteiger charge is -2.49. The van der Waals surface area contributed by atoms with Gasteiger partial charge in [-0.05, 0) is 75.9 Å². The highest BCUT2D eigenvalue weighted by molar-refractivity contribution is 5.17. The van der Waals surface area contributed by atoms with E-state index in [9.17, 15) is 4.39 Å². The first-order valence-electron chi connectivity index (χ1n) is 9.39. The van der Waals surface area contributed by atoms with E-state index in [1.165, 1.54) is 5.56 Å². The molecule has 4 heteroatoms. The molecule has 1 saturated heterocycles. The standard InChI is InChI=1S/C22H30FN3/c1-21(2)13-20(14-22(3,4)25-21)26(16-18-9-11-24-12-10-18)15-17-5-7-19(23)8-6-17/h5-12,20,25H,13-16H2,1-4H3. The molecule has 0 aliphatic carbocycles. The summed E-state index contributed by atoms with van der Waals surface area (Å²) in [6.45, 7) is 10.8. The summed E-state index contributed by atoms with van der Waals surface area (Å²) in [5, 5.41) is 3.77. The van der Waals surface area contributed by atoms with Gasteiger partial charge in [-0.15, -0.1) is 0 Å². The summed E-state index contributed by atoms with van der Waals surface area (Å²) in [4.78, 5) is 6.67. The second-order valence-electron chi connectivity index (χ2n) is 8.84. The number of piperidine rings is 1. The maximum Gasteiger partial charge on any atom is 0.123 e. The molecule has 26 heavy (non-hydrogen) atoms. The summed E-state index contributed by atoms with van der Waals surface area (Å²) >= 11 is 0. The van der Waals surface area contributed by atoms with Gasteiger partial charge in [-0.3, -0.25) is 9.88 Å². The minimum absolute atomic E-state index is 0.0890. The minimum Gasteiger partial charge on any atom is -0.307 e. The van der Waals surface area contributed by atoms with Crippen LogP contribution in [0.3, 0.4) is 0 Å². The van der Waals surface area contributed by atoms with Crippen LogP contribution < -0.4 is 5.32 Å². The Balaban J connectivity index is 1.85. The van der Waals surface area contributed by atoms with Crippen molar-refractivity contribution in [3.63, 3.8) is 0 Å². The Kier molecular flexibility index (Phi) is 5.44. The smallest absolute Gasteiger partial charge is 0.123 e. The van der Waals surface area contributed by atoms with Gasteiger partial charge in [0.25, 0.3) is 0 Å². The van der Waals surface area contributed by atoms with Crippen molar-refractivity contribution in [2.45, 2.75) is 70.7 Å². The molecule has 1 aliphatic rings. The Labute approximate surface area is 156 Å². The van der Waals surface area contributed by atoms with E-state index in [-0.39, 0.29) is 16.9 Å². The van der Waals surface area contributed by atoms with Gasteiger partial charge in [0.15, 0.2) is 0 Å². The summed E-state index contributed by atoms with van der Waals surface area (Å²) in [5.74, 6) is -0.182. The van der Waals surface area contributed by atoms with Crippen molar-refractivity contribution in [1.82, 2.24) is 15.2 Å². The lowest BCUT2D eigenvalue weighted by molar-refractivity contribution is 0.0563. The molecule has 1 aromatic carbocycles. The van der Waals surface area contributed by atoms with Crippen molar-refractivity contribution < 1.29 is 4.39 Å². The van der Waals surface area contributed by atoms with Gasteiger partial charge in [-0.25, -0.2) is 4.39 Å². The van der Waals surface area contributed by atoms with Gasteiger partial charge in [-0.1, -0.05) is 12.1 Å². The third-order valence-electron chi connectivity index (χ3n) is 5.12. The van der Waals surface area contributed by atoms with Crippen molar-refractivity contribution in [2.75, 3.05) is 0 Å². The average Bonchev–Trinajstić information content (AvgIpc) is 2.54. The quantitative estimate of drug-likeness (QED) is 0.854. The van der Waals surface area contributed by atoms with Crippen LogP contribution in [0.15, 0.2) is 48.8 Å². The maximum absolute atomic E-state index is 13.3. The molecule has 140 valence electrons. The Hall–Kier alpha value is -1.78. The average molecular weight is 356 g/mol. The molecule has 1 fully saturated rings. The van der Waals surface area contributed by atoms with Gasteiger partial charge >= 0.3 is 0 Å². The molecule has 2 heterocycles. The van der Waals surface area contributed by atoms with Gasteiger partial charge < -0.3 is 5.32 Å². The number of aromatic nitrogens is 1. The van der Waals surface area contributed by atoms with Crippen molar-refractivity contribution in [1.29, 1.82) is 0 Å². The summed E-state index contributed by atoms with van der Waals surface area (Å²) in [5.41, 5.74) is 2.59. The molecule has 1 aliphatic heterocycles. The first-order valence-corrected chi connectivity index (χ1v) is 9.39. The first-order chi connectivity index (χ1) is 12.2. The maximum atomic E-state index is 13.3. The van der Waals surface area contributed by atoms with Gasteiger partial charge in [0.1, 0.15) is 5.82 Å². The van der Waals surface area contributed by atoms with E-state index in [2.05, 4.69) is 55.0 Å². The summed E-state index contributed by atoms with van der Waals surface area (Å²) in [6, 6.07) is 11.5. The largest absolute Gasteiger partial charge is 0.307 e. The molecule has 1 aromatic heterocycles. The molecule has 0 saturated carbocycles. The third kappa shape index (κ3) is 5.12. The fourth-order valence-corrected chi connectivity index (χ4v) is 4.39. The molecule has 1 N–H and O–H groups in total. The van der Waals surface area contributed by atoms with Crippen LogP contribution in [0.1, 0.15) is 51.7 Å². The van der Waals surface area contributed by atoms with E-state index < -0.39 is 0 Å². The van der Waals surface area contributed by atoms with Crippen LogP contribution in [0.2, 0.25) is 0 Å². The van der Waals surface area contributed by atoms with Crippen LogP contribution in [0, 0.1) is 5.82 Å². The highest BCUT2D eigenvalue weighted by atomic mass is 19.1. The van der Waals surface area contributed by atoms with E-state index in [4.69, 9.17) is 0 Å². The van der Waals surface area contributed by atoms with Crippen molar-refractivity contribution in [3.05, 3.63) is 65.7 Å². The van der Waals surface area contributed by atoms with Crippen LogP contribution in [0.5, 0.6) is 0 Å². The molecular weight excluding hydrogens is 325 g/mol. The number of nitrogens with one attached hydrogen (secondary N) is 1. The zero-order valence-corrected chi connectivity index (χ0v) is 16.3. The Morgan fingerprint density at radius 2 is 1.42 bits per heavy atom. The first kappa shape index (κ1) is 19.0. The summed E-state index contributed by atoms with van der Waals surface area (Å²) in [6.07, 6.45) is 5.87. The molecule has 0 atom stereocenters. The Bertz CT molecular complexity index is 694. The van der Waals surface area contributed by atoms with E-state index in [0.717, 1.165) is 31.5 Å². The monoisotopic (exact) mass is 355 g/mol. The zero-order valence-electron chi connectivity index (χ0n) is 16.3. The number of hydrogen-bond acceptors (Lipinski definition) is 3. The van der Waals surface area contributed by atoms with Crippen LogP contribution >= 0.6 is 0 Å². The summed E-state index contributed by atoms with van der Waals surface area (Å²) < 4.78 is 13.3. The van der Waals surface area contributed by atoms with E-state index in [1.54, 1.807) is 12.1 Å². The predicted molar refractivity (Wildman–Crippen MR) is 104 cm³/mol. The fraction of sp³-hybridized carbons (Fsp3) is 0.500. The third-order valence-corrected chi connectivity index (χ3v) is 5.12. The van der Waals surface area contributed by atoms with Gasteiger partial charge in [-0.2, -0.15) is 0 Å². The van der Waals surface area contributed by atoms with Crippen LogP contribution in [0.4, 0.5) is 4.39 Å². The molecular formula is C22H30FN3. The van der Waals surface area contributed by atoms with Gasteiger partial charge in [0, 0.05) is 42.6 Å². The van der Waals surface area contributed by atoms with Crippen LogP contribution in [0.25, 0.3) is 0 Å². The highest BCUT2D eigenvalue weighted by Gasteiger charge is 2.39. The molecule has 0 bridgehead atoms. The lowest BCUT2D eigenvalue weighted by Crippen LogP contribution is -2.62. The summed E-state index contributed by atoms with van der Waals surface area (Å²) in [7, 11) is 0. The van der Waals surface area contributed by atoms with E-state index in [1.807, 2.05) is 24.5 Å². The van der Waals surface area contributed by atoms with Gasteiger partial charge in [0.05, 0.1) is 0 Å². The molecule has 0 spiro atoms. The minimum atomic E-state index is -0.182. The highest BCUT2D eigenvalue weighted by Crippen LogP contribution is 2.33. The van der Waals surface area contributed by atoms with E-state index in [0.29, 0.717) is 6.04 Å². The Morgan fingerprint density at radius 3 is 1.96 bits per heavy atom.